The molecule has 0 radical (unpaired) electrons. The van der Waals surface area contributed by atoms with Crippen molar-refractivity contribution in [1.29, 1.82) is 0 Å². The lowest BCUT2D eigenvalue weighted by molar-refractivity contribution is -0.114. The van der Waals surface area contributed by atoms with Gasteiger partial charge >= 0.3 is 0 Å². The molecule has 2 N–H and O–H groups in total. The number of rotatable bonds is 10. The number of pyridine rings is 1. The first-order chi connectivity index (χ1) is 18.0. The van der Waals surface area contributed by atoms with Gasteiger partial charge in [0.25, 0.3) is 5.91 Å². The van der Waals surface area contributed by atoms with Crippen LogP contribution in [0.15, 0.2) is 97.5 Å². The molecule has 2 aromatic carbocycles. The number of anilines is 3. The van der Waals surface area contributed by atoms with E-state index in [0.29, 0.717) is 30.2 Å². The molecular weight excluding hydrogens is 464 g/mol. The van der Waals surface area contributed by atoms with Gasteiger partial charge in [0.15, 0.2) is 5.78 Å². The number of amides is 1. The summed E-state index contributed by atoms with van der Waals surface area (Å²) in [5.41, 5.74) is 4.37. The van der Waals surface area contributed by atoms with Crippen LogP contribution in [-0.4, -0.2) is 52.2 Å². The quantitative estimate of drug-likeness (QED) is 0.308. The van der Waals surface area contributed by atoms with E-state index in [0.717, 1.165) is 22.5 Å². The normalized spacial score (nSPS) is 11.0. The molecule has 0 aliphatic rings. The van der Waals surface area contributed by atoms with Crippen LogP contribution in [0.5, 0.6) is 0 Å². The monoisotopic (exact) mass is 492 g/mol. The first-order valence-corrected chi connectivity index (χ1v) is 11.8. The number of hydrogen-bond donors (Lipinski definition) is 2. The van der Waals surface area contributed by atoms with Crippen molar-refractivity contribution in [3.05, 3.63) is 109 Å². The fourth-order valence-electron chi connectivity index (χ4n) is 3.53. The van der Waals surface area contributed by atoms with E-state index in [9.17, 15) is 9.59 Å². The number of carbonyl (C=O) groups is 2. The van der Waals surface area contributed by atoms with Gasteiger partial charge in [0.1, 0.15) is 0 Å². The Morgan fingerprint density at radius 2 is 1.76 bits per heavy atom. The highest BCUT2D eigenvalue weighted by atomic mass is 16.1. The molecule has 37 heavy (non-hydrogen) atoms. The Kier molecular flexibility index (Phi) is 8.46. The molecule has 2 aromatic heterocycles. The maximum Gasteiger partial charge on any atom is 0.255 e. The van der Waals surface area contributed by atoms with Gasteiger partial charge in [-0.2, -0.15) is 0 Å². The topological polar surface area (TPSA) is 100 Å². The number of aromatic nitrogens is 3. The molecular formula is C29H28N6O2. The minimum absolute atomic E-state index is 0.0262. The first kappa shape index (κ1) is 25.4. The second kappa shape index (κ2) is 12.3. The van der Waals surface area contributed by atoms with Gasteiger partial charge in [0.2, 0.25) is 5.95 Å². The molecule has 0 fully saturated rings. The highest BCUT2D eigenvalue weighted by molar-refractivity contribution is 6.04. The standard InChI is InChI=1S/C29H28N6O2/c1-35(2)17-5-9-26(36)18-21-10-12-22(13-11-21)28(37)32-24-7-3-8-25(19-24)33-29-31-16-14-27(34-29)23-6-4-15-30-20-23/h3-16,19-20H,17-18H2,1-2H3,(H,32,37)(H,31,33,34)/b9-5+. The smallest absolute Gasteiger partial charge is 0.255 e. The Morgan fingerprint density at radius 3 is 2.51 bits per heavy atom. The van der Waals surface area contributed by atoms with Crippen molar-refractivity contribution in [1.82, 2.24) is 19.9 Å². The third kappa shape index (κ3) is 7.65. The molecule has 8 nitrogen and oxygen atoms in total. The fraction of sp³-hybridized carbons (Fsp3) is 0.138. The minimum atomic E-state index is -0.240. The van der Waals surface area contributed by atoms with E-state index in [-0.39, 0.29) is 11.7 Å². The lowest BCUT2D eigenvalue weighted by Gasteiger charge is -2.10. The maximum atomic E-state index is 12.8. The van der Waals surface area contributed by atoms with E-state index in [4.69, 9.17) is 0 Å². The second-order valence-corrected chi connectivity index (χ2v) is 8.67. The van der Waals surface area contributed by atoms with E-state index >= 15 is 0 Å². The van der Waals surface area contributed by atoms with Crippen LogP contribution in [0.4, 0.5) is 17.3 Å². The lowest BCUT2D eigenvalue weighted by atomic mass is 10.1. The second-order valence-electron chi connectivity index (χ2n) is 8.67. The number of likely N-dealkylation sites (N-methyl/N-ethyl adjacent to an activating group) is 1. The summed E-state index contributed by atoms with van der Waals surface area (Å²) >= 11 is 0. The third-order valence-electron chi connectivity index (χ3n) is 5.36. The van der Waals surface area contributed by atoms with Crippen molar-refractivity contribution >= 4 is 29.0 Å². The van der Waals surface area contributed by atoms with Crippen molar-refractivity contribution < 1.29 is 9.59 Å². The van der Waals surface area contributed by atoms with E-state index < -0.39 is 0 Å². The summed E-state index contributed by atoms with van der Waals surface area (Å²) in [6.45, 7) is 0.715. The molecule has 1 amide bonds. The molecule has 4 rings (SSSR count). The summed E-state index contributed by atoms with van der Waals surface area (Å²) in [7, 11) is 3.89. The van der Waals surface area contributed by atoms with E-state index in [2.05, 4.69) is 25.6 Å². The summed E-state index contributed by atoms with van der Waals surface area (Å²) in [6, 6.07) is 20.0. The zero-order valence-corrected chi connectivity index (χ0v) is 20.8. The van der Waals surface area contributed by atoms with Crippen molar-refractivity contribution in [2.75, 3.05) is 31.3 Å². The molecule has 0 aliphatic heterocycles. The van der Waals surface area contributed by atoms with Gasteiger partial charge in [-0.1, -0.05) is 24.3 Å². The van der Waals surface area contributed by atoms with Crippen LogP contribution >= 0.6 is 0 Å². The van der Waals surface area contributed by atoms with Gasteiger partial charge in [-0.25, -0.2) is 9.97 Å². The van der Waals surface area contributed by atoms with Gasteiger partial charge in [-0.3, -0.25) is 14.6 Å². The first-order valence-electron chi connectivity index (χ1n) is 11.8. The Hall–Kier alpha value is -4.69. The van der Waals surface area contributed by atoms with Gasteiger partial charge in [0.05, 0.1) is 5.69 Å². The molecule has 0 saturated carbocycles. The van der Waals surface area contributed by atoms with E-state index in [1.807, 2.05) is 67.5 Å². The van der Waals surface area contributed by atoms with Crippen LogP contribution in [0.1, 0.15) is 15.9 Å². The summed E-state index contributed by atoms with van der Waals surface area (Å²) in [6.07, 6.45) is 8.88. The van der Waals surface area contributed by atoms with Gasteiger partial charge in [0, 0.05) is 54.1 Å². The maximum absolute atomic E-state index is 12.8. The van der Waals surface area contributed by atoms with Gasteiger partial charge < -0.3 is 15.5 Å². The molecule has 2 heterocycles. The number of nitrogens with one attached hydrogen (secondary N) is 2. The summed E-state index contributed by atoms with van der Waals surface area (Å²) in [5, 5.41) is 6.09. The zero-order valence-electron chi connectivity index (χ0n) is 20.8. The fourth-order valence-corrected chi connectivity index (χ4v) is 3.53. The molecule has 0 spiro atoms. The number of allylic oxidation sites excluding steroid dienone is 1. The Labute approximate surface area is 216 Å². The third-order valence-corrected chi connectivity index (χ3v) is 5.36. The average Bonchev–Trinajstić information content (AvgIpc) is 2.90. The van der Waals surface area contributed by atoms with E-state index in [1.54, 1.807) is 48.9 Å². The van der Waals surface area contributed by atoms with Gasteiger partial charge in [-0.15, -0.1) is 0 Å². The number of hydrogen-bond acceptors (Lipinski definition) is 7. The van der Waals surface area contributed by atoms with Crippen molar-refractivity contribution in [3.63, 3.8) is 0 Å². The lowest BCUT2D eigenvalue weighted by Crippen LogP contribution is -2.12. The zero-order chi connectivity index (χ0) is 26.0. The van der Waals surface area contributed by atoms with Crippen LogP contribution in [0.2, 0.25) is 0 Å². The summed E-state index contributed by atoms with van der Waals surface area (Å²) < 4.78 is 0. The molecule has 0 saturated heterocycles. The van der Waals surface area contributed by atoms with Crippen LogP contribution < -0.4 is 10.6 Å². The van der Waals surface area contributed by atoms with E-state index in [1.165, 1.54) is 0 Å². The largest absolute Gasteiger partial charge is 0.324 e. The number of ketones is 1. The highest BCUT2D eigenvalue weighted by Crippen LogP contribution is 2.21. The average molecular weight is 493 g/mol. The van der Waals surface area contributed by atoms with Crippen LogP contribution in [0.3, 0.4) is 0 Å². The van der Waals surface area contributed by atoms with Crippen LogP contribution in [-0.2, 0) is 11.2 Å². The molecule has 0 bridgehead atoms. The molecule has 0 unspecified atom stereocenters. The number of nitrogens with zero attached hydrogens (tertiary/aromatic N) is 4. The van der Waals surface area contributed by atoms with Crippen molar-refractivity contribution in [3.8, 4) is 11.3 Å². The molecule has 0 aliphatic carbocycles. The Morgan fingerprint density at radius 1 is 0.946 bits per heavy atom. The van der Waals surface area contributed by atoms with Crippen LogP contribution in [0.25, 0.3) is 11.3 Å². The van der Waals surface area contributed by atoms with Crippen molar-refractivity contribution in [2.24, 2.45) is 0 Å². The molecule has 186 valence electrons. The number of carbonyl (C=O) groups excluding carboxylic acids is 2. The SMILES string of the molecule is CN(C)C/C=C/C(=O)Cc1ccc(C(=O)Nc2cccc(Nc3nccc(-c4cccnc4)n3)c2)cc1. The van der Waals surface area contributed by atoms with Crippen LogP contribution in [0, 0.1) is 0 Å². The van der Waals surface area contributed by atoms with Gasteiger partial charge in [-0.05, 0) is 74.3 Å². The molecule has 4 aromatic rings. The highest BCUT2D eigenvalue weighted by Gasteiger charge is 2.09. The van der Waals surface area contributed by atoms with Crippen molar-refractivity contribution in [2.45, 2.75) is 6.42 Å². The Bertz CT molecular complexity index is 1390. The predicted octanol–water partition coefficient (Wildman–Crippen LogP) is 4.76. The molecule has 0 atom stereocenters. The summed E-state index contributed by atoms with van der Waals surface area (Å²) in [5.74, 6) is 0.223. The minimum Gasteiger partial charge on any atom is -0.324 e. The summed E-state index contributed by atoms with van der Waals surface area (Å²) in [4.78, 5) is 39.8. The molecule has 8 heteroatoms. The predicted molar refractivity (Wildman–Crippen MR) is 146 cm³/mol. The number of benzene rings is 2. The Balaban J connectivity index is 1.36.